The van der Waals surface area contributed by atoms with Crippen LogP contribution in [-0.4, -0.2) is 11.6 Å². The Morgan fingerprint density at radius 3 is 2.32 bits per heavy atom. The fraction of sp³-hybridized carbons (Fsp3) is 0.125. The summed E-state index contributed by atoms with van der Waals surface area (Å²) in [5, 5.41) is 3.78. The molecule has 6 heteroatoms. The van der Waals surface area contributed by atoms with Gasteiger partial charge in [-0.1, -0.05) is 12.1 Å². The van der Waals surface area contributed by atoms with Crippen molar-refractivity contribution in [3.8, 4) is 0 Å². The summed E-state index contributed by atoms with van der Waals surface area (Å²) in [5.74, 6) is -2.25. The van der Waals surface area contributed by atoms with E-state index < -0.39 is 17.5 Å². The summed E-state index contributed by atoms with van der Waals surface area (Å²) in [5.41, 5.74) is 3.22. The molecule has 0 fully saturated rings. The molecule has 0 saturated carbocycles. The van der Waals surface area contributed by atoms with Crippen molar-refractivity contribution in [3.63, 3.8) is 0 Å². The highest BCUT2D eigenvalue weighted by Crippen LogP contribution is 2.10. The van der Waals surface area contributed by atoms with E-state index in [1.54, 1.807) is 0 Å². The molecule has 114 valence electrons. The van der Waals surface area contributed by atoms with Gasteiger partial charge < -0.3 is 0 Å². The van der Waals surface area contributed by atoms with Crippen molar-refractivity contribution in [2.24, 2.45) is 5.10 Å². The SMILES string of the molecule is C/C(=N\NC(=O)Cc1ccc(F)cc1)c1ccc(F)cc1F. The van der Waals surface area contributed by atoms with Gasteiger partial charge in [-0.05, 0) is 36.8 Å². The number of nitrogens with zero attached hydrogens (tertiary/aromatic N) is 1. The van der Waals surface area contributed by atoms with Gasteiger partial charge in [-0.25, -0.2) is 18.6 Å². The number of nitrogens with one attached hydrogen (secondary N) is 1. The molecular formula is C16H13F3N2O. The average Bonchev–Trinajstić information content (AvgIpc) is 2.47. The van der Waals surface area contributed by atoms with E-state index in [-0.39, 0.29) is 23.5 Å². The third kappa shape index (κ3) is 4.18. The Balaban J connectivity index is 2.00. The van der Waals surface area contributed by atoms with Crippen molar-refractivity contribution in [1.82, 2.24) is 5.43 Å². The van der Waals surface area contributed by atoms with Crippen LogP contribution in [0.2, 0.25) is 0 Å². The first-order valence-corrected chi connectivity index (χ1v) is 6.48. The van der Waals surface area contributed by atoms with E-state index >= 15 is 0 Å². The molecule has 0 aliphatic rings. The predicted molar refractivity (Wildman–Crippen MR) is 76.8 cm³/mol. The number of hydrogen-bond donors (Lipinski definition) is 1. The molecule has 1 N–H and O–H groups in total. The summed E-state index contributed by atoms with van der Waals surface area (Å²) in [4.78, 5) is 11.7. The number of benzene rings is 2. The van der Waals surface area contributed by atoms with Crippen LogP contribution in [0.3, 0.4) is 0 Å². The van der Waals surface area contributed by atoms with E-state index in [1.807, 2.05) is 0 Å². The third-order valence-corrected chi connectivity index (χ3v) is 2.95. The Morgan fingerprint density at radius 1 is 1.05 bits per heavy atom. The van der Waals surface area contributed by atoms with Crippen LogP contribution < -0.4 is 5.43 Å². The zero-order valence-electron chi connectivity index (χ0n) is 11.7. The lowest BCUT2D eigenvalue weighted by molar-refractivity contribution is -0.120. The van der Waals surface area contributed by atoms with E-state index in [9.17, 15) is 18.0 Å². The summed E-state index contributed by atoms with van der Waals surface area (Å²) < 4.78 is 39.1. The van der Waals surface area contributed by atoms with Crippen LogP contribution in [0.5, 0.6) is 0 Å². The largest absolute Gasteiger partial charge is 0.273 e. The first kappa shape index (κ1) is 15.8. The van der Waals surface area contributed by atoms with Crippen molar-refractivity contribution in [3.05, 3.63) is 71.0 Å². The second-order valence-corrected chi connectivity index (χ2v) is 4.66. The molecule has 3 nitrogen and oxygen atoms in total. The lowest BCUT2D eigenvalue weighted by atomic mass is 10.1. The van der Waals surface area contributed by atoms with Gasteiger partial charge >= 0.3 is 0 Å². The summed E-state index contributed by atoms with van der Waals surface area (Å²) in [6.07, 6.45) is 0.0168. The van der Waals surface area contributed by atoms with Crippen LogP contribution in [0.1, 0.15) is 18.1 Å². The van der Waals surface area contributed by atoms with Gasteiger partial charge in [0.05, 0.1) is 12.1 Å². The highest BCUT2D eigenvalue weighted by Gasteiger charge is 2.08. The molecule has 0 aliphatic heterocycles. The van der Waals surface area contributed by atoms with Gasteiger partial charge in [-0.2, -0.15) is 5.10 Å². The molecule has 0 unspecified atom stereocenters. The Bertz CT molecular complexity index is 712. The van der Waals surface area contributed by atoms with Crippen molar-refractivity contribution in [1.29, 1.82) is 0 Å². The lowest BCUT2D eigenvalue weighted by Crippen LogP contribution is -2.21. The van der Waals surface area contributed by atoms with Gasteiger partial charge in [0.2, 0.25) is 5.91 Å². The normalized spacial score (nSPS) is 11.4. The molecule has 0 spiro atoms. The van der Waals surface area contributed by atoms with Crippen LogP contribution in [0, 0.1) is 17.5 Å². The van der Waals surface area contributed by atoms with Crippen LogP contribution in [0.4, 0.5) is 13.2 Å². The Labute approximate surface area is 125 Å². The average molecular weight is 306 g/mol. The first-order chi connectivity index (χ1) is 10.5. The van der Waals surface area contributed by atoms with Crippen molar-refractivity contribution >= 4 is 11.6 Å². The number of hydrazone groups is 1. The quantitative estimate of drug-likeness (QED) is 0.684. The van der Waals surface area contributed by atoms with E-state index in [0.29, 0.717) is 5.56 Å². The summed E-state index contributed by atoms with van der Waals surface area (Å²) >= 11 is 0. The standard InChI is InChI=1S/C16H13F3N2O/c1-10(14-7-6-13(18)9-15(14)19)20-21-16(22)8-11-2-4-12(17)5-3-11/h2-7,9H,8H2,1H3,(H,21,22)/b20-10+. The molecule has 0 bridgehead atoms. The van der Waals surface area contributed by atoms with Gasteiger partial charge in [0.1, 0.15) is 17.5 Å². The second kappa shape index (κ2) is 6.89. The molecule has 2 aromatic rings. The fourth-order valence-corrected chi connectivity index (χ4v) is 1.82. The van der Waals surface area contributed by atoms with Gasteiger partial charge in [0.15, 0.2) is 0 Å². The van der Waals surface area contributed by atoms with Crippen LogP contribution in [-0.2, 0) is 11.2 Å². The molecule has 0 heterocycles. The Morgan fingerprint density at radius 2 is 1.68 bits per heavy atom. The number of hydrogen-bond acceptors (Lipinski definition) is 2. The van der Waals surface area contributed by atoms with E-state index in [4.69, 9.17) is 0 Å². The molecule has 0 atom stereocenters. The zero-order valence-corrected chi connectivity index (χ0v) is 11.7. The molecule has 0 radical (unpaired) electrons. The zero-order chi connectivity index (χ0) is 16.1. The molecule has 2 rings (SSSR count). The topological polar surface area (TPSA) is 41.5 Å². The van der Waals surface area contributed by atoms with Crippen LogP contribution in [0.15, 0.2) is 47.6 Å². The number of amides is 1. The number of rotatable bonds is 4. The molecule has 22 heavy (non-hydrogen) atoms. The molecule has 0 aliphatic carbocycles. The minimum absolute atomic E-state index is 0.0168. The monoisotopic (exact) mass is 306 g/mol. The fourth-order valence-electron chi connectivity index (χ4n) is 1.82. The van der Waals surface area contributed by atoms with Crippen LogP contribution in [0.25, 0.3) is 0 Å². The third-order valence-electron chi connectivity index (χ3n) is 2.95. The molecule has 2 aromatic carbocycles. The summed E-state index contributed by atoms with van der Waals surface area (Å²) in [6.45, 7) is 1.49. The molecule has 0 aromatic heterocycles. The van der Waals surface area contributed by atoms with E-state index in [0.717, 1.165) is 12.1 Å². The lowest BCUT2D eigenvalue weighted by Gasteiger charge is -2.04. The second-order valence-electron chi connectivity index (χ2n) is 4.66. The van der Waals surface area contributed by atoms with Gasteiger partial charge in [0.25, 0.3) is 0 Å². The van der Waals surface area contributed by atoms with Gasteiger partial charge in [-0.15, -0.1) is 0 Å². The van der Waals surface area contributed by atoms with Gasteiger partial charge in [0, 0.05) is 11.6 Å². The summed E-state index contributed by atoms with van der Waals surface area (Å²) in [6, 6.07) is 8.59. The maximum Gasteiger partial charge on any atom is 0.244 e. The smallest absolute Gasteiger partial charge is 0.244 e. The first-order valence-electron chi connectivity index (χ1n) is 6.48. The van der Waals surface area contributed by atoms with E-state index in [1.165, 1.54) is 37.3 Å². The minimum atomic E-state index is -0.756. The maximum atomic E-state index is 13.5. The Kier molecular flexibility index (Phi) is 4.93. The number of halogens is 3. The van der Waals surface area contributed by atoms with Gasteiger partial charge in [-0.3, -0.25) is 4.79 Å². The van der Waals surface area contributed by atoms with Crippen molar-refractivity contribution in [2.45, 2.75) is 13.3 Å². The highest BCUT2D eigenvalue weighted by molar-refractivity contribution is 5.99. The minimum Gasteiger partial charge on any atom is -0.273 e. The highest BCUT2D eigenvalue weighted by atomic mass is 19.1. The molecule has 1 amide bonds. The van der Waals surface area contributed by atoms with Crippen molar-refractivity contribution < 1.29 is 18.0 Å². The number of carbonyl (C=O) groups excluding carboxylic acids is 1. The number of carbonyl (C=O) groups is 1. The van der Waals surface area contributed by atoms with Crippen LogP contribution >= 0.6 is 0 Å². The Hall–Kier alpha value is -2.63. The maximum absolute atomic E-state index is 13.5. The van der Waals surface area contributed by atoms with Crippen molar-refractivity contribution in [2.75, 3.05) is 0 Å². The van der Waals surface area contributed by atoms with E-state index in [2.05, 4.69) is 10.5 Å². The molecular weight excluding hydrogens is 293 g/mol. The predicted octanol–water partition coefficient (Wildman–Crippen LogP) is 3.19. The summed E-state index contributed by atoms with van der Waals surface area (Å²) in [7, 11) is 0. The molecule has 0 saturated heterocycles.